The van der Waals surface area contributed by atoms with Gasteiger partial charge in [0, 0.05) is 29.9 Å². The maximum absolute atomic E-state index is 13.3. The number of hydrogen-bond acceptors (Lipinski definition) is 6. The van der Waals surface area contributed by atoms with Gasteiger partial charge in [-0.2, -0.15) is 0 Å². The monoisotopic (exact) mass is 428 g/mol. The summed E-state index contributed by atoms with van der Waals surface area (Å²) < 4.78 is 11.9. The second-order valence-corrected chi connectivity index (χ2v) is 7.55. The van der Waals surface area contributed by atoms with Crippen molar-refractivity contribution in [1.82, 2.24) is 0 Å². The predicted molar refractivity (Wildman–Crippen MR) is 126 cm³/mol. The smallest absolute Gasteiger partial charge is 0.197 e. The number of allylic oxidation sites excluding steroid dienone is 1. The normalized spacial score (nSPS) is 10.9. The summed E-state index contributed by atoms with van der Waals surface area (Å²) in [5, 5.41) is 10.5. The van der Waals surface area contributed by atoms with Gasteiger partial charge in [-0.25, -0.2) is 0 Å². The van der Waals surface area contributed by atoms with Crippen molar-refractivity contribution in [2.24, 2.45) is 0 Å². The zero-order valence-corrected chi connectivity index (χ0v) is 17.7. The Morgan fingerprint density at radius 2 is 1.75 bits per heavy atom. The molecular weight excluding hydrogens is 404 g/mol. The molecule has 1 heterocycles. The molecule has 3 aromatic carbocycles. The third-order valence-corrected chi connectivity index (χ3v) is 5.22. The van der Waals surface area contributed by atoms with Crippen LogP contribution in [0.25, 0.3) is 11.0 Å². The molecule has 6 nitrogen and oxygen atoms in total. The highest BCUT2D eigenvalue weighted by atomic mass is 16.5. The van der Waals surface area contributed by atoms with E-state index in [0.29, 0.717) is 46.6 Å². The predicted octanol–water partition coefficient (Wildman–Crippen LogP) is 5.23. The Morgan fingerprint density at radius 3 is 2.41 bits per heavy atom. The molecule has 5 N–H and O–H groups in total. The van der Waals surface area contributed by atoms with E-state index in [1.54, 1.807) is 18.2 Å². The average Bonchev–Trinajstić information content (AvgIpc) is 3.15. The van der Waals surface area contributed by atoms with Crippen molar-refractivity contribution in [2.45, 2.75) is 19.8 Å². The van der Waals surface area contributed by atoms with E-state index in [9.17, 15) is 9.90 Å². The highest BCUT2D eigenvalue weighted by molar-refractivity contribution is 6.17. The molecule has 4 aromatic rings. The summed E-state index contributed by atoms with van der Waals surface area (Å²) in [4.78, 5) is 13.3. The summed E-state index contributed by atoms with van der Waals surface area (Å²) in [6.07, 6.45) is 1.11. The third-order valence-electron chi connectivity index (χ3n) is 5.22. The topological polar surface area (TPSA) is 112 Å². The van der Waals surface area contributed by atoms with Crippen molar-refractivity contribution in [3.63, 3.8) is 0 Å². The summed E-state index contributed by atoms with van der Waals surface area (Å²) in [6, 6.07) is 18.1. The first-order valence-corrected chi connectivity index (χ1v) is 10.2. The largest absolute Gasteiger partial charge is 0.504 e. The number of nitrogens with two attached hydrogens (primary N) is 2. The Bertz CT molecular complexity index is 1300. The van der Waals surface area contributed by atoms with Gasteiger partial charge in [-0.05, 0) is 29.8 Å². The van der Waals surface area contributed by atoms with Crippen LogP contribution in [-0.2, 0) is 12.8 Å². The van der Waals surface area contributed by atoms with Crippen LogP contribution in [0.5, 0.6) is 11.5 Å². The van der Waals surface area contributed by atoms with Crippen LogP contribution in [0.1, 0.15) is 34.2 Å². The number of carbonyl (C=O) groups excluding carboxylic acids is 1. The number of carbonyl (C=O) groups is 1. The van der Waals surface area contributed by atoms with Crippen molar-refractivity contribution >= 4 is 28.1 Å². The van der Waals surface area contributed by atoms with Gasteiger partial charge in [0.25, 0.3) is 0 Å². The fourth-order valence-electron chi connectivity index (χ4n) is 3.67. The number of rotatable bonds is 7. The van der Waals surface area contributed by atoms with Crippen molar-refractivity contribution in [2.75, 3.05) is 11.5 Å². The summed E-state index contributed by atoms with van der Waals surface area (Å²) in [5.41, 5.74) is 14.0. The lowest BCUT2D eigenvalue weighted by molar-refractivity contribution is 0.103. The van der Waals surface area contributed by atoms with Gasteiger partial charge in [-0.3, -0.25) is 4.79 Å². The number of benzene rings is 3. The zero-order chi connectivity index (χ0) is 22.8. The molecule has 0 spiro atoms. The number of furan rings is 1. The number of aromatic hydroxyl groups is 1. The second-order valence-electron chi connectivity index (χ2n) is 7.55. The number of ether oxygens (including phenoxy) is 1. The van der Waals surface area contributed by atoms with E-state index in [4.69, 9.17) is 20.6 Å². The van der Waals surface area contributed by atoms with Gasteiger partial charge in [-0.15, -0.1) is 0 Å². The average molecular weight is 428 g/mol. The summed E-state index contributed by atoms with van der Waals surface area (Å²) in [5.74, 6) is 1.22. The Balaban J connectivity index is 1.65. The van der Waals surface area contributed by atoms with Gasteiger partial charge in [-0.1, -0.05) is 43.8 Å². The van der Waals surface area contributed by atoms with Crippen LogP contribution in [0, 0.1) is 0 Å². The standard InChI is InChI=1S/C26H24N2O4/c1-3-22-24(25(29)17-12-20(27)26(30)21(28)13-17)19-10-9-18(14-23(19)32-22)31-15(2)11-16-7-5-4-6-8-16/h4-10,12-14,30H,2-3,11,27-28H2,1H3. The molecule has 0 bridgehead atoms. The summed E-state index contributed by atoms with van der Waals surface area (Å²) >= 11 is 0. The third kappa shape index (κ3) is 4.03. The first kappa shape index (κ1) is 21.1. The van der Waals surface area contributed by atoms with E-state index < -0.39 is 0 Å². The lowest BCUT2D eigenvalue weighted by atomic mass is 9.98. The van der Waals surface area contributed by atoms with E-state index >= 15 is 0 Å². The molecule has 6 heteroatoms. The van der Waals surface area contributed by atoms with Crippen molar-refractivity contribution in [3.05, 3.63) is 95.5 Å². The maximum atomic E-state index is 13.3. The fourth-order valence-corrected chi connectivity index (χ4v) is 3.67. The Kier molecular flexibility index (Phi) is 5.60. The molecule has 162 valence electrons. The van der Waals surface area contributed by atoms with Gasteiger partial charge < -0.3 is 25.7 Å². The van der Waals surface area contributed by atoms with Crippen LogP contribution in [-0.4, -0.2) is 10.9 Å². The quantitative estimate of drug-likeness (QED) is 0.161. The molecule has 32 heavy (non-hydrogen) atoms. The first-order valence-electron chi connectivity index (χ1n) is 10.2. The molecule has 0 amide bonds. The van der Waals surface area contributed by atoms with Crippen LogP contribution < -0.4 is 16.2 Å². The molecule has 0 saturated heterocycles. The summed E-state index contributed by atoms with van der Waals surface area (Å²) in [6.45, 7) is 5.91. The second kappa shape index (κ2) is 8.51. The molecule has 0 radical (unpaired) electrons. The zero-order valence-electron chi connectivity index (χ0n) is 17.7. The van der Waals surface area contributed by atoms with Crippen LogP contribution in [0.4, 0.5) is 11.4 Å². The highest BCUT2D eigenvalue weighted by Gasteiger charge is 2.23. The number of phenolic OH excluding ortho intramolecular Hbond substituents is 1. The van der Waals surface area contributed by atoms with Crippen molar-refractivity contribution in [3.8, 4) is 11.5 Å². The minimum Gasteiger partial charge on any atom is -0.504 e. The van der Waals surface area contributed by atoms with Gasteiger partial charge >= 0.3 is 0 Å². The minimum absolute atomic E-state index is 0.0480. The number of fused-ring (bicyclic) bond motifs is 1. The Hall–Kier alpha value is -4.19. The molecule has 0 unspecified atom stereocenters. The molecule has 0 saturated carbocycles. The van der Waals surface area contributed by atoms with Crippen molar-refractivity contribution < 1.29 is 19.1 Å². The van der Waals surface area contributed by atoms with Crippen LogP contribution in [0.2, 0.25) is 0 Å². The van der Waals surface area contributed by atoms with E-state index in [1.165, 1.54) is 12.1 Å². The molecule has 0 aliphatic carbocycles. The number of ketones is 1. The van der Waals surface area contributed by atoms with Gasteiger partial charge in [0.15, 0.2) is 11.5 Å². The molecule has 0 fully saturated rings. The number of nitrogen functional groups attached to an aromatic ring is 2. The number of anilines is 2. The van der Waals surface area contributed by atoms with Crippen molar-refractivity contribution in [1.29, 1.82) is 0 Å². The van der Waals surface area contributed by atoms with E-state index in [1.807, 2.05) is 37.3 Å². The lowest BCUT2D eigenvalue weighted by Crippen LogP contribution is -2.06. The molecule has 1 aromatic heterocycles. The van der Waals surface area contributed by atoms with Crippen LogP contribution in [0.15, 0.2) is 77.4 Å². The highest BCUT2D eigenvalue weighted by Crippen LogP contribution is 2.34. The van der Waals surface area contributed by atoms with Crippen LogP contribution >= 0.6 is 0 Å². The molecular formula is C26H24N2O4. The number of hydrogen-bond donors (Lipinski definition) is 3. The number of phenols is 1. The number of aryl methyl sites for hydroxylation is 1. The first-order chi connectivity index (χ1) is 15.4. The van der Waals surface area contributed by atoms with Crippen LogP contribution in [0.3, 0.4) is 0 Å². The summed E-state index contributed by atoms with van der Waals surface area (Å²) in [7, 11) is 0. The van der Waals surface area contributed by atoms with Gasteiger partial charge in [0.1, 0.15) is 22.9 Å². The van der Waals surface area contributed by atoms with E-state index in [0.717, 1.165) is 5.56 Å². The maximum Gasteiger partial charge on any atom is 0.197 e. The Labute approximate surface area is 185 Å². The SMILES string of the molecule is C=C(Cc1ccccc1)Oc1ccc2c(C(=O)c3cc(N)c(O)c(N)c3)c(CC)oc2c1. The van der Waals surface area contributed by atoms with E-state index in [-0.39, 0.29) is 28.5 Å². The van der Waals surface area contributed by atoms with E-state index in [2.05, 4.69) is 6.58 Å². The van der Waals surface area contributed by atoms with Gasteiger partial charge in [0.05, 0.1) is 16.9 Å². The molecule has 0 aliphatic rings. The van der Waals surface area contributed by atoms with Gasteiger partial charge in [0.2, 0.25) is 0 Å². The minimum atomic E-state index is -0.277. The molecule has 0 aliphatic heterocycles. The fraction of sp³-hybridized carbons (Fsp3) is 0.115. The molecule has 0 atom stereocenters. The Morgan fingerprint density at radius 1 is 1.06 bits per heavy atom. The lowest BCUT2D eigenvalue weighted by Gasteiger charge is -2.09. The molecule has 4 rings (SSSR count).